The van der Waals surface area contributed by atoms with Crippen LogP contribution >= 0.6 is 11.8 Å². The van der Waals surface area contributed by atoms with Gasteiger partial charge in [0.25, 0.3) is 0 Å². The molecule has 0 spiro atoms. The molecule has 0 saturated heterocycles. The highest BCUT2D eigenvalue weighted by Crippen LogP contribution is 2.34. The van der Waals surface area contributed by atoms with E-state index in [1.807, 2.05) is 42.1 Å². The predicted molar refractivity (Wildman–Crippen MR) is 88.7 cm³/mol. The molecule has 0 bridgehead atoms. The van der Waals surface area contributed by atoms with Gasteiger partial charge in [0.2, 0.25) is 0 Å². The van der Waals surface area contributed by atoms with Crippen LogP contribution in [-0.2, 0) is 10.3 Å². The maximum atomic E-state index is 12.1. The molecule has 1 aliphatic carbocycles. The SMILES string of the molecule is CC(C)(C)SCCC(NC1CC1)(C(=O)O)c1ccccc1. The minimum Gasteiger partial charge on any atom is -0.480 e. The summed E-state index contributed by atoms with van der Waals surface area (Å²) in [7, 11) is 0. The summed E-state index contributed by atoms with van der Waals surface area (Å²) in [5.41, 5.74) is -0.0976. The summed E-state index contributed by atoms with van der Waals surface area (Å²) in [4.78, 5) is 12.1. The maximum absolute atomic E-state index is 12.1. The number of carboxylic acid groups (broad SMARTS) is 1. The normalized spacial score (nSPS) is 18.2. The number of nitrogens with one attached hydrogen (secondary N) is 1. The van der Waals surface area contributed by atoms with E-state index < -0.39 is 11.5 Å². The Bertz CT molecular complexity index is 479. The Morgan fingerprint density at radius 2 is 1.90 bits per heavy atom. The Hall–Kier alpha value is -1.00. The van der Waals surface area contributed by atoms with Gasteiger partial charge in [-0.25, -0.2) is 4.79 Å². The molecule has 2 rings (SSSR count). The van der Waals surface area contributed by atoms with Crippen molar-refractivity contribution in [1.29, 1.82) is 0 Å². The van der Waals surface area contributed by atoms with Gasteiger partial charge in [0.1, 0.15) is 5.54 Å². The number of benzene rings is 1. The molecule has 1 aromatic carbocycles. The summed E-state index contributed by atoms with van der Waals surface area (Å²) in [6, 6.07) is 9.95. The Kier molecular flexibility index (Phi) is 4.99. The zero-order valence-electron chi connectivity index (χ0n) is 13.1. The molecule has 1 saturated carbocycles. The van der Waals surface area contributed by atoms with Gasteiger partial charge >= 0.3 is 5.97 Å². The second-order valence-electron chi connectivity index (χ2n) is 6.71. The third-order valence-electron chi connectivity index (χ3n) is 3.67. The summed E-state index contributed by atoms with van der Waals surface area (Å²) in [5, 5.41) is 13.3. The van der Waals surface area contributed by atoms with Crippen LogP contribution in [0.25, 0.3) is 0 Å². The molecule has 21 heavy (non-hydrogen) atoms. The quantitative estimate of drug-likeness (QED) is 0.807. The van der Waals surface area contributed by atoms with Crippen molar-refractivity contribution in [3.8, 4) is 0 Å². The first-order valence-corrected chi connectivity index (χ1v) is 8.53. The third kappa shape index (κ3) is 4.48. The van der Waals surface area contributed by atoms with Crippen LogP contribution in [0.4, 0.5) is 0 Å². The van der Waals surface area contributed by atoms with Gasteiger partial charge in [0.05, 0.1) is 0 Å². The van der Waals surface area contributed by atoms with Crippen LogP contribution in [0, 0.1) is 0 Å². The van der Waals surface area contributed by atoms with E-state index in [9.17, 15) is 9.90 Å². The van der Waals surface area contributed by atoms with Crippen molar-refractivity contribution in [2.45, 2.75) is 56.4 Å². The average molecular weight is 307 g/mol. The van der Waals surface area contributed by atoms with Gasteiger partial charge in [-0.2, -0.15) is 11.8 Å². The summed E-state index contributed by atoms with van der Waals surface area (Å²) in [6.45, 7) is 6.49. The lowest BCUT2D eigenvalue weighted by Gasteiger charge is -2.32. The summed E-state index contributed by atoms with van der Waals surface area (Å²) in [6.07, 6.45) is 2.76. The minimum absolute atomic E-state index is 0.153. The molecular weight excluding hydrogens is 282 g/mol. The molecule has 0 amide bonds. The van der Waals surface area contributed by atoms with E-state index in [0.717, 1.165) is 24.2 Å². The van der Waals surface area contributed by atoms with Gasteiger partial charge in [0.15, 0.2) is 0 Å². The molecule has 1 unspecified atom stereocenters. The van der Waals surface area contributed by atoms with Crippen molar-refractivity contribution >= 4 is 17.7 Å². The third-order valence-corrected chi connectivity index (χ3v) is 4.95. The fraction of sp³-hybridized carbons (Fsp3) is 0.588. The van der Waals surface area contributed by atoms with Crippen LogP contribution in [0.2, 0.25) is 0 Å². The van der Waals surface area contributed by atoms with E-state index in [-0.39, 0.29) is 4.75 Å². The second-order valence-corrected chi connectivity index (χ2v) is 8.63. The zero-order chi connectivity index (χ0) is 15.5. The van der Waals surface area contributed by atoms with Crippen molar-refractivity contribution < 1.29 is 9.90 Å². The van der Waals surface area contributed by atoms with Crippen LogP contribution < -0.4 is 5.32 Å². The number of hydrogen-bond donors (Lipinski definition) is 2. The van der Waals surface area contributed by atoms with Crippen LogP contribution in [0.15, 0.2) is 30.3 Å². The molecule has 0 heterocycles. The van der Waals surface area contributed by atoms with Crippen LogP contribution in [0.1, 0.15) is 45.6 Å². The van der Waals surface area contributed by atoms with Crippen LogP contribution in [-0.4, -0.2) is 27.6 Å². The van der Waals surface area contributed by atoms with Gasteiger partial charge in [-0.1, -0.05) is 51.1 Å². The van der Waals surface area contributed by atoms with Gasteiger partial charge in [-0.3, -0.25) is 5.32 Å². The Balaban J connectivity index is 2.21. The highest BCUT2D eigenvalue weighted by molar-refractivity contribution is 8.00. The number of carbonyl (C=O) groups is 1. The van der Waals surface area contributed by atoms with E-state index in [2.05, 4.69) is 26.1 Å². The molecule has 0 radical (unpaired) electrons. The fourth-order valence-electron chi connectivity index (χ4n) is 2.40. The first-order valence-electron chi connectivity index (χ1n) is 7.54. The maximum Gasteiger partial charge on any atom is 0.328 e. The van der Waals surface area contributed by atoms with E-state index in [1.54, 1.807) is 0 Å². The Morgan fingerprint density at radius 1 is 1.29 bits per heavy atom. The van der Waals surface area contributed by atoms with Gasteiger partial charge in [-0.15, -0.1) is 0 Å². The standard InChI is InChI=1S/C17H25NO2S/c1-16(2,3)21-12-11-17(15(19)20,18-14-9-10-14)13-7-5-4-6-8-13/h4-8,14,18H,9-12H2,1-3H3,(H,19,20). The molecule has 0 aliphatic heterocycles. The molecule has 1 fully saturated rings. The molecule has 1 aromatic rings. The second kappa shape index (κ2) is 6.41. The Labute approximate surface area is 131 Å². The molecular formula is C17H25NO2S. The minimum atomic E-state index is -0.958. The lowest BCUT2D eigenvalue weighted by Crippen LogP contribution is -2.50. The lowest BCUT2D eigenvalue weighted by atomic mass is 9.87. The van der Waals surface area contributed by atoms with E-state index >= 15 is 0 Å². The lowest BCUT2D eigenvalue weighted by molar-refractivity contribution is -0.145. The van der Waals surface area contributed by atoms with Gasteiger partial charge in [-0.05, 0) is 30.6 Å². The summed E-state index contributed by atoms with van der Waals surface area (Å²) in [5.74, 6) is 0.0554. The van der Waals surface area contributed by atoms with Crippen LogP contribution in [0.5, 0.6) is 0 Å². The van der Waals surface area contributed by atoms with Gasteiger partial charge in [0, 0.05) is 10.8 Å². The van der Waals surface area contributed by atoms with Crippen molar-refractivity contribution in [2.75, 3.05) is 5.75 Å². The zero-order valence-corrected chi connectivity index (χ0v) is 13.9. The van der Waals surface area contributed by atoms with Gasteiger partial charge < -0.3 is 5.11 Å². The summed E-state index contributed by atoms with van der Waals surface area (Å²) >= 11 is 1.82. The molecule has 4 heteroatoms. The topological polar surface area (TPSA) is 49.3 Å². The fourth-order valence-corrected chi connectivity index (χ4v) is 3.42. The van der Waals surface area contributed by atoms with Crippen molar-refractivity contribution in [3.63, 3.8) is 0 Å². The predicted octanol–water partition coefficient (Wildman–Crippen LogP) is 3.64. The number of thioether (sulfide) groups is 1. The van der Waals surface area contributed by atoms with E-state index in [0.29, 0.717) is 12.5 Å². The smallest absolute Gasteiger partial charge is 0.328 e. The molecule has 3 nitrogen and oxygen atoms in total. The Morgan fingerprint density at radius 3 is 2.38 bits per heavy atom. The molecule has 2 N–H and O–H groups in total. The highest BCUT2D eigenvalue weighted by atomic mass is 32.2. The molecule has 0 aromatic heterocycles. The van der Waals surface area contributed by atoms with Crippen molar-refractivity contribution in [3.05, 3.63) is 35.9 Å². The number of hydrogen-bond acceptors (Lipinski definition) is 3. The van der Waals surface area contributed by atoms with Crippen molar-refractivity contribution in [1.82, 2.24) is 5.32 Å². The van der Waals surface area contributed by atoms with E-state index in [4.69, 9.17) is 0 Å². The average Bonchev–Trinajstić information content (AvgIpc) is 3.20. The number of rotatable bonds is 7. The molecule has 1 atom stereocenters. The monoisotopic (exact) mass is 307 g/mol. The van der Waals surface area contributed by atoms with Crippen LogP contribution in [0.3, 0.4) is 0 Å². The number of aliphatic carboxylic acids is 1. The number of carboxylic acids is 1. The molecule has 1 aliphatic rings. The van der Waals surface area contributed by atoms with Crippen molar-refractivity contribution in [2.24, 2.45) is 0 Å². The first-order chi connectivity index (χ1) is 9.83. The highest BCUT2D eigenvalue weighted by Gasteiger charge is 2.43. The molecule has 116 valence electrons. The summed E-state index contributed by atoms with van der Waals surface area (Å²) < 4.78 is 0.153. The van der Waals surface area contributed by atoms with E-state index in [1.165, 1.54) is 0 Å². The largest absolute Gasteiger partial charge is 0.480 e. The first kappa shape index (κ1) is 16.4.